The Morgan fingerprint density at radius 1 is 1.24 bits per heavy atom. The molecule has 4 heteroatoms. The van der Waals surface area contributed by atoms with Gasteiger partial charge in [0.05, 0.1) is 0 Å². The van der Waals surface area contributed by atoms with Crippen molar-refractivity contribution in [3.05, 3.63) is 0 Å². The lowest BCUT2D eigenvalue weighted by molar-refractivity contribution is 0.155. The number of hydrogen-bond acceptors (Lipinski definition) is 2. The topological polar surface area (TPSA) is 58.4 Å². The third-order valence-electron chi connectivity index (χ3n) is 4.19. The largest absolute Gasteiger partial charge is 0.335 e. The summed E-state index contributed by atoms with van der Waals surface area (Å²) in [6, 6.07) is 0.784. The molecule has 17 heavy (non-hydrogen) atoms. The zero-order chi connectivity index (χ0) is 12.3. The predicted molar refractivity (Wildman–Crippen MR) is 68.7 cm³/mol. The number of carbonyl (C=O) groups is 1. The highest BCUT2D eigenvalue weighted by molar-refractivity contribution is 5.74. The highest BCUT2D eigenvalue weighted by atomic mass is 16.2. The van der Waals surface area contributed by atoms with Crippen LogP contribution in [0.15, 0.2) is 0 Å². The van der Waals surface area contributed by atoms with Gasteiger partial charge in [-0.2, -0.15) is 0 Å². The standard InChI is InChI=1S/C13H25N3O/c1-10-9-16(8-7-12(10)14)13(17)15-11-5-3-2-4-6-11/h10-12H,2-9,14H2,1H3,(H,15,17). The molecule has 0 aromatic heterocycles. The van der Waals surface area contributed by atoms with E-state index in [0.29, 0.717) is 12.0 Å². The van der Waals surface area contributed by atoms with E-state index < -0.39 is 0 Å². The van der Waals surface area contributed by atoms with Crippen LogP contribution in [0.2, 0.25) is 0 Å². The van der Waals surface area contributed by atoms with Crippen molar-refractivity contribution in [1.82, 2.24) is 10.2 Å². The van der Waals surface area contributed by atoms with Crippen molar-refractivity contribution >= 4 is 6.03 Å². The van der Waals surface area contributed by atoms with Gasteiger partial charge in [-0.3, -0.25) is 0 Å². The number of carbonyl (C=O) groups excluding carboxylic acids is 1. The lowest BCUT2D eigenvalue weighted by atomic mass is 9.94. The summed E-state index contributed by atoms with van der Waals surface area (Å²) in [5.74, 6) is 0.417. The van der Waals surface area contributed by atoms with E-state index in [4.69, 9.17) is 5.73 Å². The molecule has 2 atom stereocenters. The number of urea groups is 1. The Labute approximate surface area is 104 Å². The first kappa shape index (κ1) is 12.7. The summed E-state index contributed by atoms with van der Waals surface area (Å²) < 4.78 is 0. The third kappa shape index (κ3) is 3.35. The molecular weight excluding hydrogens is 214 g/mol. The number of nitrogens with two attached hydrogens (primary N) is 1. The van der Waals surface area contributed by atoms with Crippen molar-refractivity contribution in [3.63, 3.8) is 0 Å². The van der Waals surface area contributed by atoms with Gasteiger partial charge in [-0.05, 0) is 25.2 Å². The molecule has 4 nitrogen and oxygen atoms in total. The summed E-state index contributed by atoms with van der Waals surface area (Å²) in [6.45, 7) is 3.74. The molecule has 1 heterocycles. The molecule has 0 aromatic rings. The predicted octanol–water partition coefficient (Wildman–Crippen LogP) is 1.70. The maximum atomic E-state index is 12.1. The Kier molecular flexibility index (Phi) is 4.26. The minimum absolute atomic E-state index is 0.121. The van der Waals surface area contributed by atoms with E-state index >= 15 is 0 Å². The van der Waals surface area contributed by atoms with Gasteiger partial charge in [0.2, 0.25) is 0 Å². The second-order valence-electron chi connectivity index (χ2n) is 5.66. The lowest BCUT2D eigenvalue weighted by Crippen LogP contribution is -2.53. The molecule has 2 unspecified atom stereocenters. The molecule has 98 valence electrons. The number of nitrogens with one attached hydrogen (secondary N) is 1. The molecule has 0 radical (unpaired) electrons. The van der Waals surface area contributed by atoms with Crippen LogP contribution in [0, 0.1) is 5.92 Å². The van der Waals surface area contributed by atoms with Crippen LogP contribution in [0.4, 0.5) is 4.79 Å². The fourth-order valence-corrected chi connectivity index (χ4v) is 2.86. The minimum atomic E-state index is 0.121. The van der Waals surface area contributed by atoms with Crippen LogP contribution in [-0.2, 0) is 0 Å². The molecular formula is C13H25N3O. The smallest absolute Gasteiger partial charge is 0.317 e. The van der Waals surface area contributed by atoms with Crippen LogP contribution in [0.3, 0.4) is 0 Å². The molecule has 0 aromatic carbocycles. The number of hydrogen-bond donors (Lipinski definition) is 2. The van der Waals surface area contributed by atoms with Gasteiger partial charge < -0.3 is 16.0 Å². The van der Waals surface area contributed by atoms with Gasteiger partial charge in [0.15, 0.2) is 0 Å². The highest BCUT2D eigenvalue weighted by Crippen LogP contribution is 2.19. The minimum Gasteiger partial charge on any atom is -0.335 e. The van der Waals surface area contributed by atoms with Gasteiger partial charge >= 0.3 is 6.03 Å². The number of rotatable bonds is 1. The number of amides is 2. The molecule has 1 aliphatic heterocycles. The van der Waals surface area contributed by atoms with Crippen LogP contribution in [0.25, 0.3) is 0 Å². The number of nitrogens with zero attached hydrogens (tertiary/aromatic N) is 1. The molecule has 0 bridgehead atoms. The van der Waals surface area contributed by atoms with Gasteiger partial charge in [0.25, 0.3) is 0 Å². The Morgan fingerprint density at radius 2 is 1.94 bits per heavy atom. The van der Waals surface area contributed by atoms with E-state index in [0.717, 1.165) is 32.4 Å². The van der Waals surface area contributed by atoms with E-state index in [2.05, 4.69) is 12.2 Å². The monoisotopic (exact) mass is 239 g/mol. The summed E-state index contributed by atoms with van der Waals surface area (Å²) in [4.78, 5) is 14.0. The van der Waals surface area contributed by atoms with E-state index in [1.165, 1.54) is 19.3 Å². The van der Waals surface area contributed by atoms with Gasteiger partial charge in [-0.15, -0.1) is 0 Å². The lowest BCUT2D eigenvalue weighted by Gasteiger charge is -2.36. The summed E-state index contributed by atoms with van der Waals surface area (Å²) >= 11 is 0. The summed E-state index contributed by atoms with van der Waals surface area (Å²) in [5.41, 5.74) is 5.97. The molecule has 1 aliphatic carbocycles. The Bertz CT molecular complexity index is 263. The van der Waals surface area contributed by atoms with Gasteiger partial charge in [0.1, 0.15) is 0 Å². The Balaban J connectivity index is 1.79. The van der Waals surface area contributed by atoms with Crippen LogP contribution in [0.5, 0.6) is 0 Å². The second kappa shape index (κ2) is 5.71. The summed E-state index contributed by atoms with van der Waals surface area (Å²) in [7, 11) is 0. The van der Waals surface area contributed by atoms with Crippen molar-refractivity contribution in [2.24, 2.45) is 11.7 Å². The molecule has 2 amide bonds. The van der Waals surface area contributed by atoms with Gasteiger partial charge in [-0.1, -0.05) is 26.2 Å². The second-order valence-corrected chi connectivity index (χ2v) is 5.66. The van der Waals surface area contributed by atoms with Crippen LogP contribution >= 0.6 is 0 Å². The van der Waals surface area contributed by atoms with Crippen LogP contribution < -0.4 is 11.1 Å². The SMILES string of the molecule is CC1CN(C(=O)NC2CCCCC2)CCC1N. The van der Waals surface area contributed by atoms with E-state index in [1.54, 1.807) is 0 Å². The molecule has 2 rings (SSSR count). The van der Waals surface area contributed by atoms with Crippen LogP contribution in [0.1, 0.15) is 45.4 Å². The van der Waals surface area contributed by atoms with Crippen molar-refractivity contribution < 1.29 is 4.79 Å². The Morgan fingerprint density at radius 3 is 2.59 bits per heavy atom. The molecule has 3 N–H and O–H groups in total. The molecule has 0 spiro atoms. The van der Waals surface area contributed by atoms with Crippen molar-refractivity contribution in [2.75, 3.05) is 13.1 Å². The molecule has 2 fully saturated rings. The zero-order valence-electron chi connectivity index (χ0n) is 10.8. The van der Waals surface area contributed by atoms with E-state index in [-0.39, 0.29) is 12.1 Å². The first-order valence-corrected chi connectivity index (χ1v) is 6.98. The normalized spacial score (nSPS) is 31.3. The van der Waals surface area contributed by atoms with Crippen molar-refractivity contribution in [3.8, 4) is 0 Å². The fourth-order valence-electron chi connectivity index (χ4n) is 2.86. The average Bonchev–Trinajstić information content (AvgIpc) is 2.34. The highest BCUT2D eigenvalue weighted by Gasteiger charge is 2.27. The molecule has 1 saturated heterocycles. The van der Waals surface area contributed by atoms with E-state index in [9.17, 15) is 4.79 Å². The zero-order valence-corrected chi connectivity index (χ0v) is 10.8. The van der Waals surface area contributed by atoms with Crippen LogP contribution in [-0.4, -0.2) is 36.1 Å². The first-order valence-electron chi connectivity index (χ1n) is 6.98. The Hall–Kier alpha value is -0.770. The molecule has 1 saturated carbocycles. The quantitative estimate of drug-likeness (QED) is 0.731. The van der Waals surface area contributed by atoms with E-state index in [1.807, 2.05) is 4.90 Å². The summed E-state index contributed by atoms with van der Waals surface area (Å²) in [5, 5.41) is 3.17. The van der Waals surface area contributed by atoms with Gasteiger partial charge in [-0.25, -0.2) is 4.79 Å². The third-order valence-corrected chi connectivity index (χ3v) is 4.19. The molecule has 2 aliphatic rings. The summed E-state index contributed by atoms with van der Waals surface area (Å²) in [6.07, 6.45) is 7.06. The maximum absolute atomic E-state index is 12.1. The first-order chi connectivity index (χ1) is 8.16. The average molecular weight is 239 g/mol. The number of piperidine rings is 1. The van der Waals surface area contributed by atoms with Crippen molar-refractivity contribution in [1.29, 1.82) is 0 Å². The van der Waals surface area contributed by atoms with Crippen molar-refractivity contribution in [2.45, 2.75) is 57.5 Å². The van der Waals surface area contributed by atoms with Gasteiger partial charge in [0, 0.05) is 25.2 Å². The number of likely N-dealkylation sites (tertiary alicyclic amines) is 1. The fraction of sp³-hybridized carbons (Fsp3) is 0.923. The maximum Gasteiger partial charge on any atom is 0.317 e.